The zero-order valence-corrected chi connectivity index (χ0v) is 8.49. The van der Waals surface area contributed by atoms with Crippen LogP contribution in [0.25, 0.3) is 0 Å². The molecule has 1 aliphatic rings. The number of hydrogen-bond donors (Lipinski definition) is 1. The highest BCUT2D eigenvalue weighted by atomic mass is 32.2. The highest BCUT2D eigenvalue weighted by molar-refractivity contribution is 7.85. The average Bonchev–Trinajstić information content (AvgIpc) is 2.47. The second-order valence-corrected chi connectivity index (χ2v) is 4.79. The Balaban J connectivity index is 2.33. The molecule has 1 N–H and O–H groups in total. The van der Waals surface area contributed by atoms with Crippen molar-refractivity contribution in [2.24, 2.45) is 0 Å². The topological polar surface area (TPSA) is 89.9 Å². The fourth-order valence-corrected chi connectivity index (χ4v) is 1.61. The molecule has 0 spiro atoms. The van der Waals surface area contributed by atoms with Gasteiger partial charge in [0.2, 0.25) is 0 Å². The van der Waals surface area contributed by atoms with Crippen LogP contribution in [-0.2, 0) is 23.8 Å². The summed E-state index contributed by atoms with van der Waals surface area (Å²) in [6, 6.07) is 0. The van der Waals surface area contributed by atoms with Gasteiger partial charge in [0.25, 0.3) is 10.1 Å². The summed E-state index contributed by atoms with van der Waals surface area (Å²) in [6.07, 6.45) is 0.574. The largest absolute Gasteiger partial charge is 0.479 e. The minimum absolute atomic E-state index is 0.109. The molecule has 0 bridgehead atoms. The molecular weight excluding hydrogens is 212 g/mol. The van der Waals surface area contributed by atoms with E-state index in [1.54, 1.807) is 0 Å². The summed E-state index contributed by atoms with van der Waals surface area (Å²) < 4.78 is 30.7. The molecule has 1 fully saturated rings. The molecule has 0 aliphatic carbocycles. The van der Waals surface area contributed by atoms with E-state index in [1.165, 1.54) is 0 Å². The van der Waals surface area contributed by atoms with Crippen molar-refractivity contribution in [2.75, 3.05) is 12.9 Å². The number of ether oxygens (including phenoxy) is 1. The molecule has 0 aromatic rings. The molecule has 1 saturated heterocycles. The van der Waals surface area contributed by atoms with Gasteiger partial charge in [-0.1, -0.05) is 0 Å². The van der Waals surface area contributed by atoms with Crippen molar-refractivity contribution in [2.45, 2.75) is 25.0 Å². The molecule has 7 heteroatoms. The van der Waals surface area contributed by atoms with Gasteiger partial charge in [0, 0.05) is 0 Å². The zero-order chi connectivity index (χ0) is 10.8. The van der Waals surface area contributed by atoms with Crippen LogP contribution in [0.5, 0.6) is 0 Å². The molecule has 6 nitrogen and oxygen atoms in total. The first-order chi connectivity index (χ1) is 6.38. The van der Waals surface area contributed by atoms with Crippen molar-refractivity contribution in [3.63, 3.8) is 0 Å². The summed E-state index contributed by atoms with van der Waals surface area (Å²) in [5.74, 6) is -1.02. The molecule has 82 valence electrons. The first-order valence-corrected chi connectivity index (χ1v) is 5.93. The maximum Gasteiger partial charge on any atom is 0.332 e. The van der Waals surface area contributed by atoms with Crippen molar-refractivity contribution in [3.8, 4) is 0 Å². The van der Waals surface area contributed by atoms with Gasteiger partial charge in [0.1, 0.15) is 0 Å². The van der Waals surface area contributed by atoms with Crippen LogP contribution in [0, 0.1) is 0 Å². The lowest BCUT2D eigenvalue weighted by Crippen LogP contribution is -2.23. The third-order valence-electron chi connectivity index (χ3n) is 1.85. The van der Waals surface area contributed by atoms with Crippen molar-refractivity contribution in [1.29, 1.82) is 0 Å². The van der Waals surface area contributed by atoms with E-state index in [0.29, 0.717) is 12.8 Å². The molecular formula is C7H12O6S. The summed E-state index contributed by atoms with van der Waals surface area (Å²) in [6.45, 7) is -0.109. The summed E-state index contributed by atoms with van der Waals surface area (Å²) in [7, 11) is -3.48. The smallest absolute Gasteiger partial charge is 0.332 e. The molecule has 0 aromatic carbocycles. The molecule has 0 unspecified atom stereocenters. The average molecular weight is 224 g/mol. The first-order valence-electron chi connectivity index (χ1n) is 4.11. The molecule has 1 aliphatic heterocycles. The van der Waals surface area contributed by atoms with Gasteiger partial charge in [-0.25, -0.2) is 4.79 Å². The number of carboxylic acids is 1. The van der Waals surface area contributed by atoms with Gasteiger partial charge in [-0.3, -0.25) is 4.18 Å². The van der Waals surface area contributed by atoms with Crippen LogP contribution < -0.4 is 0 Å². The Hall–Kier alpha value is -0.660. The van der Waals surface area contributed by atoms with E-state index >= 15 is 0 Å². The highest BCUT2D eigenvalue weighted by Crippen LogP contribution is 2.20. The van der Waals surface area contributed by atoms with Crippen LogP contribution in [0.3, 0.4) is 0 Å². The Morgan fingerprint density at radius 2 is 2.21 bits per heavy atom. The lowest BCUT2D eigenvalue weighted by Gasteiger charge is -2.09. The third kappa shape index (κ3) is 3.60. The lowest BCUT2D eigenvalue weighted by molar-refractivity contribution is -0.149. The standard InChI is InChI=1S/C7H12O6S/c1-14(10,11)12-4-5-2-3-6(13-5)7(8)9/h5-6H,2-4H2,1H3,(H,8,9)/t5-,6-/m1/s1. The minimum atomic E-state index is -3.48. The lowest BCUT2D eigenvalue weighted by atomic mass is 10.2. The molecule has 0 aromatic heterocycles. The van der Waals surface area contributed by atoms with Gasteiger partial charge in [-0.2, -0.15) is 8.42 Å². The quantitative estimate of drug-likeness (QED) is 0.653. The van der Waals surface area contributed by atoms with Gasteiger partial charge >= 0.3 is 5.97 Å². The van der Waals surface area contributed by atoms with E-state index < -0.39 is 28.3 Å². The molecule has 1 heterocycles. The third-order valence-corrected chi connectivity index (χ3v) is 2.42. The van der Waals surface area contributed by atoms with Crippen LogP contribution in [0.15, 0.2) is 0 Å². The van der Waals surface area contributed by atoms with Crippen molar-refractivity contribution in [1.82, 2.24) is 0 Å². The van der Waals surface area contributed by atoms with Crippen LogP contribution in [-0.4, -0.2) is 44.6 Å². The van der Waals surface area contributed by atoms with E-state index in [4.69, 9.17) is 9.84 Å². The van der Waals surface area contributed by atoms with Crippen LogP contribution in [0.4, 0.5) is 0 Å². The van der Waals surface area contributed by atoms with Crippen molar-refractivity contribution in [3.05, 3.63) is 0 Å². The fraction of sp³-hybridized carbons (Fsp3) is 0.857. The number of rotatable bonds is 4. The fourth-order valence-electron chi connectivity index (χ4n) is 1.21. The molecule has 0 radical (unpaired) electrons. The monoisotopic (exact) mass is 224 g/mol. The Morgan fingerprint density at radius 3 is 2.64 bits per heavy atom. The molecule has 1 rings (SSSR count). The minimum Gasteiger partial charge on any atom is -0.479 e. The Morgan fingerprint density at radius 1 is 1.57 bits per heavy atom. The summed E-state index contributed by atoms with van der Waals surface area (Å²) in [4.78, 5) is 10.5. The Kier molecular flexibility index (Phi) is 3.46. The Labute approximate surface area is 81.9 Å². The number of carbonyl (C=O) groups is 1. The van der Waals surface area contributed by atoms with Gasteiger partial charge in [0.05, 0.1) is 19.0 Å². The summed E-state index contributed by atoms with van der Waals surface area (Å²) in [5.41, 5.74) is 0. The van der Waals surface area contributed by atoms with Gasteiger partial charge in [-0.05, 0) is 12.8 Å². The normalized spacial score (nSPS) is 27.8. The van der Waals surface area contributed by atoms with E-state index in [1.807, 2.05) is 0 Å². The van der Waals surface area contributed by atoms with Crippen molar-refractivity contribution < 1.29 is 27.2 Å². The van der Waals surface area contributed by atoms with Gasteiger partial charge in [-0.15, -0.1) is 0 Å². The van der Waals surface area contributed by atoms with E-state index in [-0.39, 0.29) is 6.61 Å². The molecule has 0 amide bonds. The molecule has 2 atom stereocenters. The van der Waals surface area contributed by atoms with Crippen molar-refractivity contribution >= 4 is 16.1 Å². The second kappa shape index (κ2) is 4.24. The molecule has 0 saturated carbocycles. The van der Waals surface area contributed by atoms with Gasteiger partial charge in [0.15, 0.2) is 6.10 Å². The van der Waals surface area contributed by atoms with E-state index in [2.05, 4.69) is 4.18 Å². The van der Waals surface area contributed by atoms with Crippen LogP contribution >= 0.6 is 0 Å². The molecule has 14 heavy (non-hydrogen) atoms. The second-order valence-electron chi connectivity index (χ2n) is 3.15. The maximum absolute atomic E-state index is 10.6. The number of hydrogen-bond acceptors (Lipinski definition) is 5. The van der Waals surface area contributed by atoms with Crippen LogP contribution in [0.1, 0.15) is 12.8 Å². The number of aliphatic carboxylic acids is 1. The predicted octanol–water partition coefficient (Wildman–Crippen LogP) is -0.405. The summed E-state index contributed by atoms with van der Waals surface area (Å²) >= 11 is 0. The predicted molar refractivity (Wildman–Crippen MR) is 46.3 cm³/mol. The van der Waals surface area contributed by atoms with Crippen LogP contribution in [0.2, 0.25) is 0 Å². The van der Waals surface area contributed by atoms with E-state index in [9.17, 15) is 13.2 Å². The summed E-state index contributed by atoms with van der Waals surface area (Å²) in [5, 5.41) is 8.58. The number of carboxylic acid groups (broad SMARTS) is 1. The Bertz CT molecular complexity index is 308. The maximum atomic E-state index is 10.6. The first kappa shape index (κ1) is 11.4. The zero-order valence-electron chi connectivity index (χ0n) is 7.67. The van der Waals surface area contributed by atoms with E-state index in [0.717, 1.165) is 6.26 Å². The highest BCUT2D eigenvalue weighted by Gasteiger charge is 2.31. The SMILES string of the molecule is CS(=O)(=O)OC[C@H]1CC[C@H](C(=O)O)O1. The van der Waals surface area contributed by atoms with Gasteiger partial charge < -0.3 is 9.84 Å².